The number of nitrogens with zero attached hydrogens (tertiary/aromatic N) is 3. The van der Waals surface area contributed by atoms with Crippen molar-refractivity contribution in [2.75, 3.05) is 26.2 Å². The van der Waals surface area contributed by atoms with E-state index in [1.54, 1.807) is 16.8 Å². The largest absolute Gasteiger partial charge is 0.336 e. The molecular weight excluding hydrogens is 387 g/mol. The van der Waals surface area contributed by atoms with Gasteiger partial charge >= 0.3 is 0 Å². The van der Waals surface area contributed by atoms with Gasteiger partial charge in [-0.05, 0) is 36.8 Å². The van der Waals surface area contributed by atoms with Gasteiger partial charge in [-0.2, -0.15) is 0 Å². The van der Waals surface area contributed by atoms with Gasteiger partial charge in [0.1, 0.15) is 11.5 Å². The van der Waals surface area contributed by atoms with Crippen LogP contribution in [0.5, 0.6) is 0 Å². The first kappa shape index (κ1) is 19.5. The standard InChI is InChI=1S/C22H23FN4OS/c23-19-10-5-4-7-17(19)16-25-11-6-12-26(14-13-25)21(28)20-15-24-22(29)27(20)18-8-2-1-3-9-18/h1-5,7-10,15H,6,11-14,16H2,(H,24,29). The normalized spacial score (nSPS) is 15.3. The van der Waals surface area contributed by atoms with Crippen molar-refractivity contribution in [2.45, 2.75) is 13.0 Å². The van der Waals surface area contributed by atoms with Gasteiger partial charge in [0.05, 0.1) is 0 Å². The fraction of sp³-hybridized carbons (Fsp3) is 0.273. The molecule has 1 aliphatic rings. The number of aromatic amines is 1. The van der Waals surface area contributed by atoms with Crippen molar-refractivity contribution in [3.8, 4) is 5.69 Å². The van der Waals surface area contributed by atoms with Crippen LogP contribution in [0.25, 0.3) is 5.69 Å². The van der Waals surface area contributed by atoms with E-state index in [0.717, 1.165) is 18.7 Å². The Morgan fingerprint density at radius 3 is 2.55 bits per heavy atom. The number of rotatable bonds is 4. The topological polar surface area (TPSA) is 44.3 Å². The van der Waals surface area contributed by atoms with Crippen LogP contribution in [0.2, 0.25) is 0 Å². The number of aromatic nitrogens is 2. The predicted molar refractivity (Wildman–Crippen MR) is 113 cm³/mol. The second-order valence-corrected chi connectivity index (χ2v) is 7.55. The van der Waals surface area contributed by atoms with Crippen molar-refractivity contribution in [2.24, 2.45) is 0 Å². The molecule has 1 N–H and O–H groups in total. The van der Waals surface area contributed by atoms with E-state index in [1.165, 1.54) is 6.07 Å². The third-order valence-corrected chi connectivity index (χ3v) is 5.54. The van der Waals surface area contributed by atoms with Crippen LogP contribution in [0.4, 0.5) is 4.39 Å². The molecule has 3 aromatic rings. The van der Waals surface area contributed by atoms with Gasteiger partial charge in [0.2, 0.25) is 0 Å². The van der Waals surface area contributed by atoms with Crippen LogP contribution in [0.1, 0.15) is 22.5 Å². The Bertz CT molecular complexity index is 1050. The van der Waals surface area contributed by atoms with Crippen LogP contribution in [-0.4, -0.2) is 51.4 Å². The summed E-state index contributed by atoms with van der Waals surface area (Å²) in [6.45, 7) is 3.35. The molecular formula is C22H23FN4OS. The molecule has 2 aromatic carbocycles. The Morgan fingerprint density at radius 1 is 1.00 bits per heavy atom. The molecule has 0 unspecified atom stereocenters. The van der Waals surface area contributed by atoms with E-state index in [1.807, 2.05) is 47.4 Å². The molecule has 1 fully saturated rings. The fourth-order valence-corrected chi connectivity index (χ4v) is 3.98. The average Bonchev–Trinajstić information content (AvgIpc) is 2.97. The number of amides is 1. The Morgan fingerprint density at radius 2 is 1.76 bits per heavy atom. The van der Waals surface area contributed by atoms with Crippen molar-refractivity contribution >= 4 is 18.1 Å². The lowest BCUT2D eigenvalue weighted by molar-refractivity contribution is 0.0753. The van der Waals surface area contributed by atoms with Crippen molar-refractivity contribution in [3.63, 3.8) is 0 Å². The molecule has 7 heteroatoms. The Labute approximate surface area is 174 Å². The first-order valence-corrected chi connectivity index (χ1v) is 10.1. The van der Waals surface area contributed by atoms with Crippen LogP contribution in [-0.2, 0) is 6.54 Å². The predicted octanol–water partition coefficient (Wildman–Crippen LogP) is 4.02. The maximum atomic E-state index is 14.0. The molecule has 0 radical (unpaired) electrons. The summed E-state index contributed by atoms with van der Waals surface area (Å²) in [5, 5.41) is 0. The summed E-state index contributed by atoms with van der Waals surface area (Å²) in [5.74, 6) is -0.229. The van der Waals surface area contributed by atoms with Gasteiger partial charge in [-0.1, -0.05) is 36.4 Å². The van der Waals surface area contributed by atoms with Crippen molar-refractivity contribution in [1.29, 1.82) is 0 Å². The van der Waals surface area contributed by atoms with Gasteiger partial charge in [0.25, 0.3) is 5.91 Å². The Kier molecular flexibility index (Phi) is 5.87. The second kappa shape index (κ2) is 8.71. The molecule has 5 nitrogen and oxygen atoms in total. The van der Waals surface area contributed by atoms with Crippen LogP contribution in [0.3, 0.4) is 0 Å². The third kappa shape index (κ3) is 4.31. The molecule has 0 saturated carbocycles. The van der Waals surface area contributed by atoms with Crippen LogP contribution >= 0.6 is 12.2 Å². The van der Waals surface area contributed by atoms with E-state index in [2.05, 4.69) is 9.88 Å². The quantitative estimate of drug-likeness (QED) is 0.661. The summed E-state index contributed by atoms with van der Waals surface area (Å²) in [7, 11) is 0. The summed E-state index contributed by atoms with van der Waals surface area (Å²) >= 11 is 5.40. The van der Waals surface area contributed by atoms with E-state index >= 15 is 0 Å². The van der Waals surface area contributed by atoms with Gasteiger partial charge in [-0.3, -0.25) is 14.3 Å². The lowest BCUT2D eigenvalue weighted by atomic mass is 10.2. The molecule has 29 heavy (non-hydrogen) atoms. The molecule has 2 heterocycles. The van der Waals surface area contributed by atoms with Crippen molar-refractivity contribution in [1.82, 2.24) is 19.4 Å². The monoisotopic (exact) mass is 410 g/mol. The number of H-pyrrole nitrogens is 1. The number of halogens is 1. The van der Waals surface area contributed by atoms with Gasteiger partial charge in [0.15, 0.2) is 4.77 Å². The van der Waals surface area contributed by atoms with Gasteiger partial charge in [-0.25, -0.2) is 4.39 Å². The van der Waals surface area contributed by atoms with Gasteiger partial charge < -0.3 is 9.88 Å². The van der Waals surface area contributed by atoms with E-state index in [4.69, 9.17) is 12.2 Å². The number of carbonyl (C=O) groups excluding carboxylic acids is 1. The molecule has 1 aromatic heterocycles. The van der Waals surface area contributed by atoms with E-state index in [0.29, 0.717) is 42.2 Å². The molecule has 4 rings (SSSR count). The van der Waals surface area contributed by atoms with E-state index in [-0.39, 0.29) is 11.7 Å². The van der Waals surface area contributed by atoms with Crippen LogP contribution in [0.15, 0.2) is 60.8 Å². The molecule has 1 amide bonds. The number of imidazole rings is 1. The zero-order valence-corrected chi connectivity index (χ0v) is 16.9. The molecule has 0 atom stereocenters. The average molecular weight is 411 g/mol. The number of para-hydroxylation sites is 1. The molecule has 0 aliphatic carbocycles. The lowest BCUT2D eigenvalue weighted by Gasteiger charge is -2.22. The maximum absolute atomic E-state index is 14.0. The van der Waals surface area contributed by atoms with Gasteiger partial charge in [0, 0.05) is 50.2 Å². The zero-order chi connectivity index (χ0) is 20.2. The molecule has 1 aliphatic heterocycles. The summed E-state index contributed by atoms with van der Waals surface area (Å²) in [6.07, 6.45) is 2.52. The van der Waals surface area contributed by atoms with Gasteiger partial charge in [-0.15, -0.1) is 0 Å². The minimum Gasteiger partial charge on any atom is -0.336 e. The molecule has 150 valence electrons. The summed E-state index contributed by atoms with van der Waals surface area (Å²) in [6, 6.07) is 16.5. The minimum atomic E-state index is -0.182. The third-order valence-electron chi connectivity index (χ3n) is 5.24. The van der Waals surface area contributed by atoms with Crippen LogP contribution < -0.4 is 0 Å². The first-order valence-electron chi connectivity index (χ1n) is 9.74. The second-order valence-electron chi connectivity index (χ2n) is 7.16. The fourth-order valence-electron chi connectivity index (χ4n) is 3.72. The minimum absolute atomic E-state index is 0.0473. The number of hydrogen-bond donors (Lipinski definition) is 1. The lowest BCUT2D eigenvalue weighted by Crippen LogP contribution is -2.36. The Balaban J connectivity index is 1.49. The Hall–Kier alpha value is -2.77. The van der Waals surface area contributed by atoms with Crippen molar-refractivity contribution < 1.29 is 9.18 Å². The first-order chi connectivity index (χ1) is 14.1. The highest BCUT2D eigenvalue weighted by Crippen LogP contribution is 2.17. The molecule has 1 saturated heterocycles. The highest BCUT2D eigenvalue weighted by atomic mass is 32.1. The number of nitrogens with one attached hydrogen (secondary N) is 1. The summed E-state index contributed by atoms with van der Waals surface area (Å²) < 4.78 is 16.2. The number of carbonyl (C=O) groups is 1. The van der Waals surface area contributed by atoms with E-state index < -0.39 is 0 Å². The number of hydrogen-bond acceptors (Lipinski definition) is 3. The maximum Gasteiger partial charge on any atom is 0.272 e. The molecule has 0 bridgehead atoms. The van der Waals surface area contributed by atoms with Crippen molar-refractivity contribution in [3.05, 3.63) is 82.6 Å². The van der Waals surface area contributed by atoms with Crippen LogP contribution in [0, 0.1) is 10.6 Å². The summed E-state index contributed by atoms with van der Waals surface area (Å²) in [5.41, 5.74) is 2.08. The van der Waals surface area contributed by atoms with E-state index in [9.17, 15) is 9.18 Å². The smallest absolute Gasteiger partial charge is 0.272 e. The molecule has 0 spiro atoms. The number of benzene rings is 2. The highest BCUT2D eigenvalue weighted by Gasteiger charge is 2.24. The summed E-state index contributed by atoms with van der Waals surface area (Å²) in [4.78, 5) is 20.3. The highest BCUT2D eigenvalue weighted by molar-refractivity contribution is 7.71. The SMILES string of the molecule is O=C(c1c[nH]c(=S)n1-c1ccccc1)N1CCCN(Cc2ccccc2F)CC1. The zero-order valence-electron chi connectivity index (χ0n) is 16.1.